The zero-order valence-corrected chi connectivity index (χ0v) is 24.8. The molecular formula is C31H28N6O7S. The van der Waals surface area contributed by atoms with E-state index < -0.39 is 54.5 Å². The number of Topliss-reactive ketones (excluding diaryl/α,β-unsaturated/α-hetero) is 1. The Morgan fingerprint density at radius 1 is 0.911 bits per heavy atom. The molecule has 4 aromatic rings. The second-order valence-electron chi connectivity index (χ2n) is 9.94. The first-order valence-corrected chi connectivity index (χ1v) is 14.8. The first-order valence-electron chi connectivity index (χ1n) is 13.8. The molecule has 0 unspecified atom stereocenters. The molecule has 3 amide bonds. The van der Waals surface area contributed by atoms with Crippen LogP contribution in [0, 0.1) is 0 Å². The Morgan fingerprint density at radius 3 is 2.09 bits per heavy atom. The maximum Gasteiger partial charge on any atom is 0.398 e. The molecule has 3 aromatic carbocycles. The lowest BCUT2D eigenvalue weighted by atomic mass is 10.0. The van der Waals surface area contributed by atoms with Gasteiger partial charge in [-0.1, -0.05) is 103 Å². The third-order valence-electron chi connectivity index (χ3n) is 6.75. The van der Waals surface area contributed by atoms with Gasteiger partial charge in [-0.25, -0.2) is 14.4 Å². The van der Waals surface area contributed by atoms with Gasteiger partial charge in [0.15, 0.2) is 24.2 Å². The maximum absolute atomic E-state index is 13.4. The number of benzene rings is 3. The van der Waals surface area contributed by atoms with E-state index in [0.29, 0.717) is 26.7 Å². The molecule has 1 aromatic heterocycles. The number of ether oxygens (including phenoxy) is 2. The number of ketones is 1. The Bertz CT molecular complexity index is 1630. The summed E-state index contributed by atoms with van der Waals surface area (Å²) in [5.74, 6) is -4.44. The van der Waals surface area contributed by atoms with Gasteiger partial charge in [-0.15, -0.1) is 5.10 Å². The molecule has 1 aliphatic heterocycles. The number of hydrogen-bond acceptors (Lipinski definition) is 11. The van der Waals surface area contributed by atoms with Crippen molar-refractivity contribution < 1.29 is 33.4 Å². The predicted octanol–water partition coefficient (Wildman–Crippen LogP) is 1.64. The number of carbonyl (C=O) groups excluding carboxylic acids is 5. The van der Waals surface area contributed by atoms with E-state index in [1.807, 2.05) is 0 Å². The predicted molar refractivity (Wildman–Crippen MR) is 159 cm³/mol. The van der Waals surface area contributed by atoms with Gasteiger partial charge in [-0.05, 0) is 27.1 Å². The number of imide groups is 1. The fraction of sp³-hybridized carbons (Fsp3) is 0.226. The number of β-lactam (4-membered cyclic amide) rings is 1. The Hall–Kier alpha value is -5.21. The highest BCUT2D eigenvalue weighted by atomic mass is 32.2. The van der Waals surface area contributed by atoms with Gasteiger partial charge in [0.1, 0.15) is 6.61 Å². The number of aromatic nitrogens is 4. The van der Waals surface area contributed by atoms with E-state index in [1.165, 1.54) is 4.68 Å². The second-order valence-corrected chi connectivity index (χ2v) is 10.9. The molecule has 0 aliphatic carbocycles. The normalized spacial score (nSPS) is 15.8. The molecule has 14 heteroatoms. The van der Waals surface area contributed by atoms with E-state index in [-0.39, 0.29) is 12.2 Å². The van der Waals surface area contributed by atoms with Crippen LogP contribution in [0.3, 0.4) is 0 Å². The molecular weight excluding hydrogens is 600 g/mol. The molecule has 1 aliphatic rings. The number of nitrogens with one attached hydrogen (secondary N) is 1. The van der Waals surface area contributed by atoms with Gasteiger partial charge >= 0.3 is 11.9 Å². The Labute approximate surface area is 261 Å². The standard InChI is InChI=1S/C31H28N6O7S/c1-36-31(33-34-35-36)45-19-23(38)18-43-29-25(32-24(39)17-20-11-5-2-6-12-20)27(40)37(29)28(41)30(42)44-26(21-13-7-3-8-14-21)22-15-9-4-10-16-22/h2-16,25-26,29H,17-19H2,1H3,(H,32,39)/t25-,29+/m0/s1. The van der Waals surface area contributed by atoms with Crippen LogP contribution in [-0.2, 0) is 46.9 Å². The molecule has 1 N–H and O–H groups in total. The average Bonchev–Trinajstić information content (AvgIpc) is 3.48. The number of thioether (sulfide) groups is 1. The summed E-state index contributed by atoms with van der Waals surface area (Å²) in [6, 6.07) is 25.2. The number of esters is 1. The fourth-order valence-corrected chi connectivity index (χ4v) is 5.23. The SMILES string of the molecule is Cn1nnnc1SCC(=O)CO[C@@H]1[C@@H](NC(=O)Cc2ccccc2)C(=O)N1C(=O)C(=O)OC(c1ccccc1)c1ccccc1. The number of carbonyl (C=O) groups is 5. The van der Waals surface area contributed by atoms with Gasteiger partial charge < -0.3 is 14.8 Å². The minimum absolute atomic E-state index is 0.0372. The third kappa shape index (κ3) is 7.66. The van der Waals surface area contributed by atoms with Crippen molar-refractivity contribution in [2.24, 2.45) is 7.05 Å². The minimum Gasteiger partial charge on any atom is -0.445 e. The monoisotopic (exact) mass is 628 g/mol. The number of likely N-dealkylation sites (tertiary alicyclic amines) is 1. The zero-order valence-electron chi connectivity index (χ0n) is 24.0. The topological polar surface area (TPSA) is 163 Å². The summed E-state index contributed by atoms with van der Waals surface area (Å²) in [5.41, 5.74) is 1.92. The van der Waals surface area contributed by atoms with Crippen molar-refractivity contribution in [1.29, 1.82) is 0 Å². The quantitative estimate of drug-likeness (QED) is 0.105. The highest BCUT2D eigenvalue weighted by Gasteiger charge is 2.55. The summed E-state index contributed by atoms with van der Waals surface area (Å²) in [4.78, 5) is 65.7. The number of hydrogen-bond donors (Lipinski definition) is 1. The number of tetrazole rings is 1. The van der Waals surface area contributed by atoms with E-state index in [2.05, 4.69) is 20.8 Å². The van der Waals surface area contributed by atoms with Crippen LogP contribution in [0.25, 0.3) is 0 Å². The molecule has 45 heavy (non-hydrogen) atoms. The van der Waals surface area contributed by atoms with Crippen molar-refractivity contribution in [2.45, 2.75) is 30.0 Å². The highest BCUT2D eigenvalue weighted by molar-refractivity contribution is 7.99. The number of aryl methyl sites for hydroxylation is 1. The van der Waals surface area contributed by atoms with Crippen molar-refractivity contribution in [3.8, 4) is 0 Å². The summed E-state index contributed by atoms with van der Waals surface area (Å²) < 4.78 is 12.7. The molecule has 13 nitrogen and oxygen atoms in total. The van der Waals surface area contributed by atoms with Crippen LogP contribution in [0.5, 0.6) is 0 Å². The molecule has 2 heterocycles. The Balaban J connectivity index is 1.29. The van der Waals surface area contributed by atoms with Crippen LogP contribution < -0.4 is 5.32 Å². The first kappa shape index (κ1) is 31.2. The highest BCUT2D eigenvalue weighted by Crippen LogP contribution is 2.28. The minimum atomic E-state index is -1.42. The Kier molecular flexibility index (Phi) is 10.1. The summed E-state index contributed by atoms with van der Waals surface area (Å²) in [7, 11) is 1.62. The van der Waals surface area contributed by atoms with E-state index in [0.717, 1.165) is 11.8 Å². The van der Waals surface area contributed by atoms with E-state index in [9.17, 15) is 24.0 Å². The third-order valence-corrected chi connectivity index (χ3v) is 7.82. The van der Waals surface area contributed by atoms with Gasteiger partial charge in [0.05, 0.1) is 12.2 Å². The molecule has 0 spiro atoms. The van der Waals surface area contributed by atoms with Crippen LogP contribution in [0.4, 0.5) is 0 Å². The van der Waals surface area contributed by atoms with E-state index in [4.69, 9.17) is 9.47 Å². The molecule has 1 fully saturated rings. The molecule has 0 radical (unpaired) electrons. The molecule has 230 valence electrons. The van der Waals surface area contributed by atoms with Crippen LogP contribution in [-0.4, -0.2) is 79.2 Å². The summed E-state index contributed by atoms with van der Waals surface area (Å²) in [6.07, 6.45) is -2.39. The zero-order chi connectivity index (χ0) is 31.8. The van der Waals surface area contributed by atoms with Gasteiger partial charge in [-0.2, -0.15) is 0 Å². The van der Waals surface area contributed by atoms with Crippen molar-refractivity contribution in [1.82, 2.24) is 30.4 Å². The number of nitrogens with zero attached hydrogens (tertiary/aromatic N) is 5. The lowest BCUT2D eigenvalue weighted by molar-refractivity contribution is -0.196. The van der Waals surface area contributed by atoms with Gasteiger partial charge in [0.25, 0.3) is 5.91 Å². The molecule has 1 saturated heterocycles. The van der Waals surface area contributed by atoms with E-state index >= 15 is 0 Å². The molecule has 0 bridgehead atoms. The summed E-state index contributed by atoms with van der Waals surface area (Å²) >= 11 is 1.07. The first-order chi connectivity index (χ1) is 21.8. The van der Waals surface area contributed by atoms with Crippen LogP contribution in [0.1, 0.15) is 22.8 Å². The molecule has 5 rings (SSSR count). The average molecular weight is 629 g/mol. The van der Waals surface area contributed by atoms with Gasteiger partial charge in [-0.3, -0.25) is 19.2 Å². The molecule has 2 atom stereocenters. The van der Waals surface area contributed by atoms with Gasteiger partial charge in [0.2, 0.25) is 11.1 Å². The maximum atomic E-state index is 13.4. The summed E-state index contributed by atoms with van der Waals surface area (Å²) in [6.45, 7) is -0.517. The number of rotatable bonds is 12. The van der Waals surface area contributed by atoms with Crippen molar-refractivity contribution in [3.63, 3.8) is 0 Å². The largest absolute Gasteiger partial charge is 0.445 e. The molecule has 0 saturated carbocycles. The number of amides is 3. The van der Waals surface area contributed by atoms with Crippen molar-refractivity contribution >= 4 is 41.2 Å². The van der Waals surface area contributed by atoms with E-state index in [1.54, 1.807) is 98.0 Å². The van der Waals surface area contributed by atoms with Crippen LogP contribution in [0.2, 0.25) is 0 Å². The lowest BCUT2D eigenvalue weighted by Crippen LogP contribution is -2.74. The lowest BCUT2D eigenvalue weighted by Gasteiger charge is -2.44. The fourth-order valence-electron chi connectivity index (χ4n) is 4.54. The van der Waals surface area contributed by atoms with Crippen LogP contribution in [0.15, 0.2) is 96.2 Å². The summed E-state index contributed by atoms with van der Waals surface area (Å²) in [5, 5.41) is 14.0. The van der Waals surface area contributed by atoms with Crippen molar-refractivity contribution in [2.75, 3.05) is 12.4 Å². The van der Waals surface area contributed by atoms with Gasteiger partial charge in [0, 0.05) is 7.05 Å². The second kappa shape index (κ2) is 14.5. The smallest absolute Gasteiger partial charge is 0.398 e. The Morgan fingerprint density at radius 2 is 1.51 bits per heavy atom. The van der Waals surface area contributed by atoms with Crippen molar-refractivity contribution in [3.05, 3.63) is 108 Å². The van der Waals surface area contributed by atoms with Crippen LogP contribution >= 0.6 is 11.8 Å².